The van der Waals surface area contributed by atoms with Crippen LogP contribution in [0.4, 0.5) is 0 Å². The third kappa shape index (κ3) is 4.79. The van der Waals surface area contributed by atoms with E-state index in [1.54, 1.807) is 18.4 Å². The molecular weight excluding hydrogens is 248 g/mol. The predicted molar refractivity (Wildman–Crippen MR) is 61.8 cm³/mol. The Morgan fingerprint density at radius 2 is 2.46 bits per heavy atom. The maximum Gasteiger partial charge on any atom is 0.0587 e. The first-order valence-corrected chi connectivity index (χ1v) is 6.33. The van der Waals surface area contributed by atoms with Gasteiger partial charge in [0.25, 0.3) is 0 Å². The lowest BCUT2D eigenvalue weighted by Gasteiger charge is -2.06. The minimum atomic E-state index is 0.510. The van der Waals surface area contributed by atoms with E-state index in [1.807, 2.05) is 0 Å². The maximum atomic E-state index is 5.05. The molecule has 0 aromatic carbocycles. The molecule has 1 aromatic heterocycles. The number of rotatable bonds is 6. The summed E-state index contributed by atoms with van der Waals surface area (Å²) in [5.41, 5.74) is 1.46. The first-order chi connectivity index (χ1) is 6.33. The Labute approximate surface area is 92.2 Å². The van der Waals surface area contributed by atoms with Crippen LogP contribution in [0.3, 0.4) is 0 Å². The van der Waals surface area contributed by atoms with Gasteiger partial charge in [-0.25, -0.2) is 0 Å². The Bertz CT molecular complexity index is 211. The number of aryl methyl sites for hydroxylation is 1. The summed E-state index contributed by atoms with van der Waals surface area (Å²) in [6.07, 6.45) is 3.61. The van der Waals surface area contributed by atoms with Gasteiger partial charge in [0.2, 0.25) is 0 Å². The second-order valence-electron chi connectivity index (χ2n) is 3.08. The molecular formula is C10H15BrOS. The highest BCUT2D eigenvalue weighted by Gasteiger charge is 2.02. The molecule has 0 radical (unpaired) electrons. The minimum Gasteiger partial charge on any atom is -0.384 e. The first kappa shape index (κ1) is 11.2. The maximum absolute atomic E-state index is 5.05. The molecule has 0 aliphatic heterocycles. The van der Waals surface area contributed by atoms with Crippen molar-refractivity contribution in [1.29, 1.82) is 0 Å². The summed E-state index contributed by atoms with van der Waals surface area (Å²) in [6, 6.07) is 2.20. The highest BCUT2D eigenvalue weighted by atomic mass is 79.9. The van der Waals surface area contributed by atoms with Gasteiger partial charge in [-0.15, -0.1) is 0 Å². The van der Waals surface area contributed by atoms with Gasteiger partial charge >= 0.3 is 0 Å². The van der Waals surface area contributed by atoms with E-state index < -0.39 is 0 Å². The smallest absolute Gasteiger partial charge is 0.0587 e. The number of thiophene rings is 1. The largest absolute Gasteiger partial charge is 0.384 e. The third-order valence-electron chi connectivity index (χ3n) is 1.91. The fourth-order valence-corrected chi connectivity index (χ4v) is 2.52. The van der Waals surface area contributed by atoms with Gasteiger partial charge in [-0.05, 0) is 41.7 Å². The van der Waals surface area contributed by atoms with Gasteiger partial charge in [-0.3, -0.25) is 0 Å². The van der Waals surface area contributed by atoms with Crippen LogP contribution in [0.25, 0.3) is 0 Å². The number of hydrogen-bond acceptors (Lipinski definition) is 2. The van der Waals surface area contributed by atoms with Crippen molar-refractivity contribution < 1.29 is 4.74 Å². The summed E-state index contributed by atoms with van der Waals surface area (Å²) in [4.78, 5) is 0.510. The van der Waals surface area contributed by atoms with Crippen LogP contribution in [0, 0.1) is 0 Å². The topological polar surface area (TPSA) is 9.23 Å². The monoisotopic (exact) mass is 262 g/mol. The molecule has 1 heterocycles. The summed E-state index contributed by atoms with van der Waals surface area (Å²) in [7, 11) is 1.74. The lowest BCUT2D eigenvalue weighted by atomic mass is 10.1. The molecule has 0 N–H and O–H groups in total. The normalized spacial score (nSPS) is 13.1. The molecule has 0 aliphatic rings. The molecule has 1 atom stereocenters. The second-order valence-corrected chi connectivity index (χ2v) is 5.15. The second kappa shape index (κ2) is 6.57. The molecule has 13 heavy (non-hydrogen) atoms. The van der Waals surface area contributed by atoms with Gasteiger partial charge in [0, 0.05) is 11.9 Å². The van der Waals surface area contributed by atoms with Gasteiger partial charge in [-0.1, -0.05) is 15.9 Å². The van der Waals surface area contributed by atoms with E-state index in [4.69, 9.17) is 4.74 Å². The van der Waals surface area contributed by atoms with Crippen LogP contribution in [0.2, 0.25) is 0 Å². The van der Waals surface area contributed by atoms with Crippen molar-refractivity contribution in [3.8, 4) is 0 Å². The molecule has 1 unspecified atom stereocenters. The van der Waals surface area contributed by atoms with Crippen LogP contribution >= 0.6 is 27.3 Å². The molecule has 0 spiro atoms. The average Bonchev–Trinajstić information content (AvgIpc) is 2.57. The number of alkyl halides is 1. The predicted octanol–water partition coefficient (Wildman–Crippen LogP) is 3.48. The third-order valence-corrected chi connectivity index (χ3v) is 3.36. The van der Waals surface area contributed by atoms with E-state index in [2.05, 4.69) is 32.8 Å². The lowest BCUT2D eigenvalue weighted by Crippen LogP contribution is -2.06. The number of ether oxygens (including phenoxy) is 1. The summed E-state index contributed by atoms with van der Waals surface area (Å²) in [5.74, 6) is 0. The van der Waals surface area contributed by atoms with E-state index in [-0.39, 0.29) is 0 Å². The van der Waals surface area contributed by atoms with Crippen molar-refractivity contribution in [3.63, 3.8) is 0 Å². The fourth-order valence-electron chi connectivity index (χ4n) is 1.23. The molecule has 1 rings (SSSR count). The quantitative estimate of drug-likeness (QED) is 0.714. The van der Waals surface area contributed by atoms with Gasteiger partial charge in [-0.2, -0.15) is 11.3 Å². The Morgan fingerprint density at radius 3 is 3.08 bits per heavy atom. The van der Waals surface area contributed by atoms with E-state index in [0.717, 1.165) is 6.61 Å². The zero-order valence-corrected chi connectivity index (χ0v) is 10.2. The SMILES string of the molecule is COCC(Br)CCCc1ccsc1. The number of halogens is 1. The Kier molecular flexibility index (Phi) is 5.67. The summed E-state index contributed by atoms with van der Waals surface area (Å²) in [5, 5.41) is 4.36. The van der Waals surface area contributed by atoms with Gasteiger partial charge in [0.1, 0.15) is 0 Å². The average molecular weight is 263 g/mol. The van der Waals surface area contributed by atoms with E-state index >= 15 is 0 Å². The van der Waals surface area contributed by atoms with Crippen LogP contribution in [-0.2, 0) is 11.2 Å². The van der Waals surface area contributed by atoms with E-state index in [9.17, 15) is 0 Å². The van der Waals surface area contributed by atoms with Gasteiger partial charge < -0.3 is 4.74 Å². The highest BCUT2D eigenvalue weighted by molar-refractivity contribution is 9.09. The van der Waals surface area contributed by atoms with Crippen molar-refractivity contribution in [1.82, 2.24) is 0 Å². The van der Waals surface area contributed by atoms with E-state index in [0.29, 0.717) is 4.83 Å². The summed E-state index contributed by atoms with van der Waals surface area (Å²) >= 11 is 5.35. The van der Waals surface area contributed by atoms with Crippen molar-refractivity contribution in [2.24, 2.45) is 0 Å². The highest BCUT2D eigenvalue weighted by Crippen LogP contribution is 2.13. The van der Waals surface area contributed by atoms with E-state index in [1.165, 1.54) is 24.8 Å². The van der Waals surface area contributed by atoms with Crippen LogP contribution in [0.5, 0.6) is 0 Å². The fraction of sp³-hybridized carbons (Fsp3) is 0.600. The molecule has 1 nitrogen and oxygen atoms in total. The van der Waals surface area contributed by atoms with Crippen LogP contribution in [-0.4, -0.2) is 18.5 Å². The number of hydrogen-bond donors (Lipinski definition) is 0. The minimum absolute atomic E-state index is 0.510. The summed E-state index contributed by atoms with van der Waals surface area (Å²) in [6.45, 7) is 0.809. The zero-order chi connectivity index (χ0) is 9.52. The van der Waals surface area contributed by atoms with Crippen molar-refractivity contribution in [2.45, 2.75) is 24.1 Å². The Balaban J connectivity index is 2.07. The molecule has 0 saturated carbocycles. The molecule has 0 bridgehead atoms. The molecule has 3 heteroatoms. The molecule has 0 saturated heterocycles. The van der Waals surface area contributed by atoms with Crippen molar-refractivity contribution in [3.05, 3.63) is 22.4 Å². The molecule has 1 aromatic rings. The zero-order valence-electron chi connectivity index (χ0n) is 7.83. The Morgan fingerprint density at radius 1 is 1.62 bits per heavy atom. The lowest BCUT2D eigenvalue weighted by molar-refractivity contribution is 0.198. The molecule has 74 valence electrons. The van der Waals surface area contributed by atoms with Crippen LogP contribution in [0.15, 0.2) is 16.8 Å². The van der Waals surface area contributed by atoms with Crippen LogP contribution < -0.4 is 0 Å². The van der Waals surface area contributed by atoms with Gasteiger partial charge in [0.15, 0.2) is 0 Å². The summed E-state index contributed by atoms with van der Waals surface area (Å²) < 4.78 is 5.05. The molecule has 0 fully saturated rings. The number of methoxy groups -OCH3 is 1. The first-order valence-electron chi connectivity index (χ1n) is 4.47. The van der Waals surface area contributed by atoms with Crippen molar-refractivity contribution in [2.75, 3.05) is 13.7 Å². The van der Waals surface area contributed by atoms with Gasteiger partial charge in [0.05, 0.1) is 6.61 Å². The molecule has 0 aliphatic carbocycles. The Hall–Kier alpha value is 0.140. The van der Waals surface area contributed by atoms with Crippen molar-refractivity contribution >= 4 is 27.3 Å². The molecule has 0 amide bonds. The van der Waals surface area contributed by atoms with Crippen LogP contribution in [0.1, 0.15) is 18.4 Å². The standard InChI is InChI=1S/C10H15BrOS/c1-12-7-10(11)4-2-3-9-5-6-13-8-9/h5-6,8,10H,2-4,7H2,1H3.